The van der Waals surface area contributed by atoms with Crippen LogP contribution in [0.15, 0.2) is 48.5 Å². The van der Waals surface area contributed by atoms with E-state index in [0.717, 1.165) is 38.6 Å². The van der Waals surface area contributed by atoms with Crippen LogP contribution in [0.3, 0.4) is 0 Å². The van der Waals surface area contributed by atoms with Gasteiger partial charge in [-0.15, -0.1) is 12.4 Å². The van der Waals surface area contributed by atoms with Crippen molar-refractivity contribution in [1.29, 1.82) is 0 Å². The van der Waals surface area contributed by atoms with Crippen LogP contribution in [0.5, 0.6) is 0 Å². The molecule has 2 aliphatic rings. The second-order valence-electron chi connectivity index (χ2n) is 8.28. The summed E-state index contributed by atoms with van der Waals surface area (Å²) in [6.07, 6.45) is 7.57. The van der Waals surface area contributed by atoms with Gasteiger partial charge in [-0.2, -0.15) is 0 Å². The van der Waals surface area contributed by atoms with Crippen LogP contribution >= 0.6 is 12.4 Å². The molecule has 1 aliphatic carbocycles. The van der Waals surface area contributed by atoms with Crippen LogP contribution in [0.4, 0.5) is 0 Å². The first-order chi connectivity index (χ1) is 13.6. The number of carbonyl (C=O) groups is 1. The first kappa shape index (κ1) is 21.6. The molecular formula is C25H30ClNO2. The molecule has 0 amide bonds. The van der Waals surface area contributed by atoms with Gasteiger partial charge in [-0.05, 0) is 85.4 Å². The van der Waals surface area contributed by atoms with Crippen LogP contribution in [-0.4, -0.2) is 24.2 Å². The second-order valence-corrected chi connectivity index (χ2v) is 8.28. The van der Waals surface area contributed by atoms with Crippen LogP contribution in [0.1, 0.15) is 53.5 Å². The van der Waals surface area contributed by atoms with Gasteiger partial charge in [0, 0.05) is 6.54 Å². The molecule has 1 saturated heterocycles. The summed E-state index contributed by atoms with van der Waals surface area (Å²) in [5.74, 6) is -0.657. The van der Waals surface area contributed by atoms with E-state index in [2.05, 4.69) is 60.8 Å². The van der Waals surface area contributed by atoms with Crippen molar-refractivity contribution in [3.05, 3.63) is 76.4 Å². The first-order valence-electron chi connectivity index (χ1n) is 10.4. The molecular weight excluding hydrogens is 382 g/mol. The fraction of sp³-hybridized carbons (Fsp3) is 0.400. The SMILES string of the molecule is Cc1cccc2c1CCc1ccccc1C2=CCCC1(C(=O)O)CCCNC1.Cl. The molecule has 29 heavy (non-hydrogen) atoms. The Bertz CT molecular complexity index is 913. The van der Waals surface area contributed by atoms with Crippen molar-refractivity contribution in [2.24, 2.45) is 5.41 Å². The van der Waals surface area contributed by atoms with Gasteiger partial charge in [0.2, 0.25) is 0 Å². The number of aliphatic carboxylic acids is 1. The molecule has 2 N–H and O–H groups in total. The summed E-state index contributed by atoms with van der Waals surface area (Å²) in [6, 6.07) is 15.2. The van der Waals surface area contributed by atoms with E-state index in [1.165, 1.54) is 33.4 Å². The van der Waals surface area contributed by atoms with Gasteiger partial charge in [0.25, 0.3) is 0 Å². The third-order valence-corrected chi connectivity index (χ3v) is 6.55. The number of halogens is 1. The Labute approximate surface area is 179 Å². The second kappa shape index (κ2) is 9.15. The Morgan fingerprint density at radius 1 is 1.14 bits per heavy atom. The Hall–Kier alpha value is -2.10. The molecule has 0 aromatic heterocycles. The van der Waals surface area contributed by atoms with E-state index in [4.69, 9.17) is 0 Å². The lowest BCUT2D eigenvalue weighted by atomic mass is 9.76. The van der Waals surface area contributed by atoms with E-state index in [1.807, 2.05) is 0 Å². The predicted molar refractivity (Wildman–Crippen MR) is 121 cm³/mol. The largest absolute Gasteiger partial charge is 0.481 e. The van der Waals surface area contributed by atoms with Crippen molar-refractivity contribution in [2.75, 3.05) is 13.1 Å². The van der Waals surface area contributed by atoms with Gasteiger partial charge in [0.05, 0.1) is 5.41 Å². The molecule has 4 rings (SSSR count). The molecule has 3 nitrogen and oxygen atoms in total. The number of hydrogen-bond donors (Lipinski definition) is 2. The van der Waals surface area contributed by atoms with E-state index >= 15 is 0 Å². The van der Waals surface area contributed by atoms with Gasteiger partial charge in [-0.3, -0.25) is 4.79 Å². The number of aryl methyl sites for hydroxylation is 2. The molecule has 2 aromatic rings. The zero-order chi connectivity index (χ0) is 19.6. The molecule has 1 unspecified atom stereocenters. The number of benzene rings is 2. The number of rotatable bonds is 4. The van der Waals surface area contributed by atoms with Gasteiger partial charge in [-0.25, -0.2) is 0 Å². The minimum atomic E-state index is -0.657. The monoisotopic (exact) mass is 411 g/mol. The van der Waals surface area contributed by atoms with Crippen molar-refractivity contribution in [2.45, 2.75) is 45.4 Å². The van der Waals surface area contributed by atoms with Gasteiger partial charge in [0.15, 0.2) is 0 Å². The molecule has 0 bridgehead atoms. The highest BCUT2D eigenvalue weighted by atomic mass is 35.5. The smallest absolute Gasteiger partial charge is 0.310 e. The van der Waals surface area contributed by atoms with E-state index < -0.39 is 11.4 Å². The number of carboxylic acid groups (broad SMARTS) is 1. The summed E-state index contributed by atoms with van der Waals surface area (Å²) in [7, 11) is 0. The molecule has 0 spiro atoms. The number of hydrogen-bond acceptors (Lipinski definition) is 2. The molecule has 1 aliphatic heterocycles. The summed E-state index contributed by atoms with van der Waals surface area (Å²) >= 11 is 0. The minimum absolute atomic E-state index is 0. The number of fused-ring (bicyclic) bond motifs is 2. The lowest BCUT2D eigenvalue weighted by molar-refractivity contribution is -0.150. The molecule has 4 heteroatoms. The van der Waals surface area contributed by atoms with Crippen molar-refractivity contribution < 1.29 is 9.90 Å². The maximum Gasteiger partial charge on any atom is 0.310 e. The number of allylic oxidation sites excluding steroid dienone is 1. The lowest BCUT2D eigenvalue weighted by Crippen LogP contribution is -2.45. The maximum absolute atomic E-state index is 12.0. The Morgan fingerprint density at radius 3 is 2.69 bits per heavy atom. The van der Waals surface area contributed by atoms with Crippen LogP contribution in [0, 0.1) is 12.3 Å². The fourth-order valence-electron chi connectivity index (χ4n) is 4.88. The highest BCUT2D eigenvalue weighted by Crippen LogP contribution is 2.37. The van der Waals surface area contributed by atoms with Gasteiger partial charge >= 0.3 is 5.97 Å². The van der Waals surface area contributed by atoms with E-state index in [0.29, 0.717) is 13.0 Å². The number of carboxylic acids is 1. The highest BCUT2D eigenvalue weighted by Gasteiger charge is 2.38. The van der Waals surface area contributed by atoms with Crippen LogP contribution in [0.2, 0.25) is 0 Å². The molecule has 0 radical (unpaired) electrons. The van der Waals surface area contributed by atoms with Crippen molar-refractivity contribution >= 4 is 23.9 Å². The Morgan fingerprint density at radius 2 is 1.93 bits per heavy atom. The Kier molecular flexibility index (Phi) is 6.81. The molecule has 2 aromatic carbocycles. The third kappa shape index (κ3) is 4.26. The molecule has 154 valence electrons. The van der Waals surface area contributed by atoms with Gasteiger partial charge < -0.3 is 10.4 Å². The number of nitrogens with one attached hydrogen (secondary N) is 1. The zero-order valence-corrected chi connectivity index (χ0v) is 17.9. The molecule has 0 saturated carbocycles. The highest BCUT2D eigenvalue weighted by molar-refractivity contribution is 5.85. The van der Waals surface area contributed by atoms with E-state index in [-0.39, 0.29) is 12.4 Å². The summed E-state index contributed by atoms with van der Waals surface area (Å²) in [5, 5.41) is 13.2. The summed E-state index contributed by atoms with van der Waals surface area (Å²) in [6.45, 7) is 3.70. The van der Waals surface area contributed by atoms with Crippen LogP contribution in [0.25, 0.3) is 5.57 Å². The quantitative estimate of drug-likeness (QED) is 0.728. The first-order valence-corrected chi connectivity index (χ1v) is 10.4. The normalized spacial score (nSPS) is 22.2. The number of piperidine rings is 1. The third-order valence-electron chi connectivity index (χ3n) is 6.55. The van der Waals surface area contributed by atoms with Crippen molar-refractivity contribution in [1.82, 2.24) is 5.32 Å². The minimum Gasteiger partial charge on any atom is -0.481 e. The maximum atomic E-state index is 12.0. The van der Waals surface area contributed by atoms with Gasteiger partial charge in [-0.1, -0.05) is 48.5 Å². The lowest BCUT2D eigenvalue weighted by Gasteiger charge is -2.33. The van der Waals surface area contributed by atoms with Crippen LogP contribution < -0.4 is 5.32 Å². The summed E-state index contributed by atoms with van der Waals surface area (Å²) < 4.78 is 0. The van der Waals surface area contributed by atoms with Crippen molar-refractivity contribution in [3.8, 4) is 0 Å². The Balaban J connectivity index is 0.00000240. The van der Waals surface area contributed by atoms with Gasteiger partial charge in [0.1, 0.15) is 0 Å². The van der Waals surface area contributed by atoms with E-state index in [1.54, 1.807) is 0 Å². The predicted octanol–water partition coefficient (Wildman–Crippen LogP) is 5.18. The van der Waals surface area contributed by atoms with Crippen LogP contribution in [-0.2, 0) is 17.6 Å². The zero-order valence-electron chi connectivity index (χ0n) is 17.0. The van der Waals surface area contributed by atoms with Crippen molar-refractivity contribution in [3.63, 3.8) is 0 Å². The van der Waals surface area contributed by atoms with E-state index in [9.17, 15) is 9.90 Å². The molecule has 1 fully saturated rings. The molecule has 1 heterocycles. The topological polar surface area (TPSA) is 49.3 Å². The average Bonchev–Trinajstić information content (AvgIpc) is 2.87. The average molecular weight is 412 g/mol. The molecule has 1 atom stereocenters. The summed E-state index contributed by atoms with van der Waals surface area (Å²) in [4.78, 5) is 12.0. The fourth-order valence-corrected chi connectivity index (χ4v) is 4.88. The standard InChI is InChI=1S/C25H29NO2.ClH/c1-18-7-4-10-22-20(18)13-12-19-8-2-3-9-21(19)23(22)11-5-14-25(24(27)28)15-6-16-26-17-25;/h2-4,7-11,26H,5-6,12-17H2,1H3,(H,27,28);1H. The summed E-state index contributed by atoms with van der Waals surface area (Å²) in [5.41, 5.74) is 7.42.